The number of carboxylic acid groups (broad SMARTS) is 1. The Morgan fingerprint density at radius 1 is 1.07 bits per heavy atom. The van der Waals surface area contributed by atoms with Crippen molar-refractivity contribution in [2.75, 3.05) is 0 Å². The van der Waals surface area contributed by atoms with Gasteiger partial charge in [0.15, 0.2) is 0 Å². The summed E-state index contributed by atoms with van der Waals surface area (Å²) in [6.07, 6.45) is 8.28. The lowest BCUT2D eigenvalue weighted by atomic mass is 9.89. The molecular weight excluding hydrogens is 346 g/mol. The molecule has 0 atom stereocenters. The first-order valence-corrected chi connectivity index (χ1v) is 9.47. The molecule has 148 valence electrons. The number of carbonyl (C=O) groups is 3. The number of amides is 1. The van der Waals surface area contributed by atoms with E-state index in [4.69, 9.17) is 4.84 Å². The van der Waals surface area contributed by atoms with Crippen LogP contribution in [-0.2, 0) is 22.5 Å². The first kappa shape index (κ1) is 22.4. The Bertz CT molecular complexity index is 681. The smallest absolute Gasteiger partial charge is 0.363 e. The normalized spacial score (nSPS) is 10.3. The van der Waals surface area contributed by atoms with E-state index < -0.39 is 17.8 Å². The van der Waals surface area contributed by atoms with Crippen LogP contribution in [0.2, 0.25) is 0 Å². The number of carboxylic acids is 1. The molecule has 0 aliphatic rings. The van der Waals surface area contributed by atoms with Crippen molar-refractivity contribution in [3.8, 4) is 0 Å². The van der Waals surface area contributed by atoms with Gasteiger partial charge in [0, 0.05) is 0 Å². The Balaban J connectivity index is 3.23. The molecule has 0 fully saturated rings. The number of aromatic carboxylic acids is 1. The topological polar surface area (TPSA) is 92.7 Å². The van der Waals surface area contributed by atoms with Crippen LogP contribution in [0, 0.1) is 0 Å². The fourth-order valence-corrected chi connectivity index (χ4v) is 2.94. The first-order chi connectivity index (χ1) is 13.0. The van der Waals surface area contributed by atoms with E-state index in [1.165, 1.54) is 6.07 Å². The zero-order chi connectivity index (χ0) is 20.2. The molecule has 1 rings (SSSR count). The molecule has 6 nitrogen and oxygen atoms in total. The van der Waals surface area contributed by atoms with Gasteiger partial charge in [-0.25, -0.2) is 9.59 Å². The van der Waals surface area contributed by atoms with E-state index >= 15 is 0 Å². The summed E-state index contributed by atoms with van der Waals surface area (Å²) in [6, 6.07) is 3.27. The summed E-state index contributed by atoms with van der Waals surface area (Å²) in [5, 5.41) is 9.76. The van der Waals surface area contributed by atoms with Gasteiger partial charge in [0.05, 0.1) is 11.1 Å². The monoisotopic (exact) mass is 375 g/mol. The van der Waals surface area contributed by atoms with Gasteiger partial charge < -0.3 is 9.94 Å². The third kappa shape index (κ3) is 6.89. The molecule has 0 saturated carbocycles. The molecule has 0 radical (unpaired) electrons. The molecule has 0 aliphatic carbocycles. The Kier molecular flexibility index (Phi) is 9.86. The molecular formula is C21H29NO5. The third-order valence-corrected chi connectivity index (χ3v) is 4.35. The van der Waals surface area contributed by atoms with Crippen LogP contribution < -0.4 is 5.48 Å². The second-order valence-electron chi connectivity index (χ2n) is 6.41. The largest absolute Gasteiger partial charge is 0.478 e. The number of hydroxylamine groups is 1. The number of unbranched alkanes of at least 4 members (excludes halogenated alkanes) is 4. The van der Waals surface area contributed by atoms with Crippen molar-refractivity contribution < 1.29 is 24.3 Å². The lowest BCUT2D eigenvalue weighted by Crippen LogP contribution is -2.26. The van der Waals surface area contributed by atoms with Crippen molar-refractivity contribution >= 4 is 17.8 Å². The molecule has 0 saturated heterocycles. The minimum Gasteiger partial charge on any atom is -0.478 e. The summed E-state index contributed by atoms with van der Waals surface area (Å²) in [5.41, 5.74) is 3.49. The Hall–Kier alpha value is -2.63. The number of hydrogen-bond donors (Lipinski definition) is 2. The molecule has 0 aromatic heterocycles. The summed E-state index contributed by atoms with van der Waals surface area (Å²) in [4.78, 5) is 40.2. The summed E-state index contributed by atoms with van der Waals surface area (Å²) in [6.45, 7) is 7.45. The maximum atomic E-state index is 12.3. The highest BCUT2D eigenvalue weighted by molar-refractivity contribution is 6.04. The Morgan fingerprint density at radius 2 is 1.70 bits per heavy atom. The number of hydrogen-bond acceptors (Lipinski definition) is 4. The lowest BCUT2D eigenvalue weighted by Gasteiger charge is -2.16. The number of nitrogens with one attached hydrogen (secondary N) is 1. The maximum absolute atomic E-state index is 12.3. The SMILES string of the molecule is C=CC(=O)NOC(=O)c1ccc(CCCCC)c(CCCCC)c1C(=O)O. The van der Waals surface area contributed by atoms with Crippen LogP contribution in [0.1, 0.15) is 84.2 Å². The maximum Gasteiger partial charge on any atom is 0.363 e. The summed E-state index contributed by atoms with van der Waals surface area (Å²) >= 11 is 0. The highest BCUT2D eigenvalue weighted by atomic mass is 16.7. The van der Waals surface area contributed by atoms with Crippen LogP contribution in [-0.4, -0.2) is 23.0 Å². The standard InChI is InChI=1S/C21H29NO5/c1-4-7-9-11-15-13-14-17(21(26)27-22-18(23)6-3)19(20(24)25)16(15)12-10-8-5-2/h6,13-14H,3-5,7-12H2,1-2H3,(H,22,23)(H,24,25). The zero-order valence-electron chi connectivity index (χ0n) is 16.2. The second kappa shape index (κ2) is 11.9. The Morgan fingerprint density at radius 3 is 2.26 bits per heavy atom. The molecule has 1 aromatic rings. The third-order valence-electron chi connectivity index (χ3n) is 4.35. The fourth-order valence-electron chi connectivity index (χ4n) is 2.94. The van der Waals surface area contributed by atoms with Crippen LogP contribution in [0.5, 0.6) is 0 Å². The van der Waals surface area contributed by atoms with Gasteiger partial charge in [-0.15, -0.1) is 0 Å². The highest BCUT2D eigenvalue weighted by Crippen LogP contribution is 2.25. The van der Waals surface area contributed by atoms with Crippen LogP contribution in [0.25, 0.3) is 0 Å². The molecule has 0 bridgehead atoms. The summed E-state index contributed by atoms with van der Waals surface area (Å²) < 4.78 is 0. The van der Waals surface area contributed by atoms with Crippen LogP contribution >= 0.6 is 0 Å². The van der Waals surface area contributed by atoms with E-state index in [0.717, 1.165) is 56.6 Å². The van der Waals surface area contributed by atoms with Crippen molar-refractivity contribution in [2.45, 2.75) is 65.2 Å². The second-order valence-corrected chi connectivity index (χ2v) is 6.41. The van der Waals surface area contributed by atoms with Crippen molar-refractivity contribution in [3.05, 3.63) is 47.0 Å². The first-order valence-electron chi connectivity index (χ1n) is 9.47. The Labute approximate surface area is 160 Å². The van der Waals surface area contributed by atoms with Gasteiger partial charge in [-0.3, -0.25) is 4.79 Å². The average molecular weight is 375 g/mol. The molecule has 0 unspecified atom stereocenters. The van der Waals surface area contributed by atoms with Gasteiger partial charge >= 0.3 is 11.9 Å². The molecule has 1 aromatic carbocycles. The minimum absolute atomic E-state index is 0.0297. The van der Waals surface area contributed by atoms with Crippen LogP contribution in [0.3, 0.4) is 0 Å². The number of carbonyl (C=O) groups excluding carboxylic acids is 2. The van der Waals surface area contributed by atoms with Gasteiger partial charge in [-0.05, 0) is 49.0 Å². The predicted octanol–water partition coefficient (Wildman–Crippen LogP) is 4.22. The minimum atomic E-state index is -1.17. The predicted molar refractivity (Wildman–Crippen MR) is 104 cm³/mol. The number of aryl methyl sites for hydroxylation is 1. The summed E-state index contributed by atoms with van der Waals surface area (Å²) in [7, 11) is 0. The van der Waals surface area contributed by atoms with Gasteiger partial charge in [0.2, 0.25) is 0 Å². The van der Waals surface area contributed by atoms with Gasteiger partial charge in [-0.1, -0.05) is 52.2 Å². The quantitative estimate of drug-likeness (QED) is 0.343. The van der Waals surface area contributed by atoms with Crippen LogP contribution in [0.4, 0.5) is 0 Å². The van der Waals surface area contributed by atoms with E-state index in [2.05, 4.69) is 20.4 Å². The van der Waals surface area contributed by atoms with Crippen molar-refractivity contribution in [3.63, 3.8) is 0 Å². The molecule has 0 spiro atoms. The van der Waals surface area contributed by atoms with Gasteiger partial charge in [0.1, 0.15) is 0 Å². The van der Waals surface area contributed by atoms with E-state index in [0.29, 0.717) is 12.0 Å². The van der Waals surface area contributed by atoms with E-state index in [9.17, 15) is 19.5 Å². The van der Waals surface area contributed by atoms with E-state index in [1.807, 2.05) is 5.48 Å². The molecule has 0 heterocycles. The van der Waals surface area contributed by atoms with Crippen molar-refractivity contribution in [1.29, 1.82) is 0 Å². The number of rotatable bonds is 11. The van der Waals surface area contributed by atoms with Crippen molar-refractivity contribution in [1.82, 2.24) is 5.48 Å². The fraction of sp³-hybridized carbons (Fsp3) is 0.476. The van der Waals surface area contributed by atoms with E-state index in [-0.39, 0.29) is 11.1 Å². The van der Waals surface area contributed by atoms with Crippen molar-refractivity contribution in [2.24, 2.45) is 0 Å². The van der Waals surface area contributed by atoms with Crippen LogP contribution in [0.15, 0.2) is 24.8 Å². The van der Waals surface area contributed by atoms with E-state index in [1.54, 1.807) is 6.07 Å². The molecule has 0 aliphatic heterocycles. The number of benzene rings is 1. The lowest BCUT2D eigenvalue weighted by molar-refractivity contribution is -0.125. The zero-order valence-corrected chi connectivity index (χ0v) is 16.2. The van der Waals surface area contributed by atoms with Gasteiger partial charge in [-0.2, -0.15) is 5.48 Å². The average Bonchev–Trinajstić information content (AvgIpc) is 2.66. The van der Waals surface area contributed by atoms with Gasteiger partial charge in [0.25, 0.3) is 5.91 Å². The molecule has 2 N–H and O–H groups in total. The molecule has 6 heteroatoms. The molecule has 1 amide bonds. The highest BCUT2D eigenvalue weighted by Gasteiger charge is 2.24. The summed E-state index contributed by atoms with van der Waals surface area (Å²) in [5.74, 6) is -2.75. The molecule has 27 heavy (non-hydrogen) atoms.